The van der Waals surface area contributed by atoms with Gasteiger partial charge in [0.2, 0.25) is 11.8 Å². The summed E-state index contributed by atoms with van der Waals surface area (Å²) in [7, 11) is 0. The standard InChI is InChI=1S/C19H21N3O3/c1-12-4-3-5-14(10-12)11-17(18(20)24)22-19(25)15-6-8-16(9-7-15)21-13(2)23/h3-10,17H,11H2,1-2H3,(H2,20,24)(H,21,23)(H,22,25)/t17-/m1/s1. The van der Waals surface area contributed by atoms with Crippen molar-refractivity contribution in [2.24, 2.45) is 5.73 Å². The molecule has 0 heterocycles. The molecule has 0 aromatic heterocycles. The second kappa shape index (κ2) is 8.10. The van der Waals surface area contributed by atoms with E-state index in [4.69, 9.17) is 5.73 Å². The lowest BCUT2D eigenvalue weighted by Gasteiger charge is -2.16. The highest BCUT2D eigenvalue weighted by atomic mass is 16.2. The predicted octanol–water partition coefficient (Wildman–Crippen LogP) is 1.78. The molecule has 0 radical (unpaired) electrons. The quantitative estimate of drug-likeness (QED) is 0.747. The van der Waals surface area contributed by atoms with Gasteiger partial charge in [-0.2, -0.15) is 0 Å². The maximum Gasteiger partial charge on any atom is 0.251 e. The first-order chi connectivity index (χ1) is 11.8. The number of anilines is 1. The molecule has 0 aliphatic rings. The lowest BCUT2D eigenvalue weighted by atomic mass is 10.0. The van der Waals surface area contributed by atoms with Crippen molar-refractivity contribution in [1.29, 1.82) is 0 Å². The zero-order valence-corrected chi connectivity index (χ0v) is 14.2. The average molecular weight is 339 g/mol. The van der Waals surface area contributed by atoms with Gasteiger partial charge in [-0.05, 0) is 36.8 Å². The molecule has 0 fully saturated rings. The van der Waals surface area contributed by atoms with Crippen LogP contribution in [0, 0.1) is 6.92 Å². The number of amides is 3. The summed E-state index contributed by atoms with van der Waals surface area (Å²) in [5.41, 5.74) is 8.39. The van der Waals surface area contributed by atoms with Crippen LogP contribution in [0.15, 0.2) is 48.5 Å². The number of nitrogens with one attached hydrogen (secondary N) is 2. The Labute approximate surface area is 146 Å². The van der Waals surface area contributed by atoms with Crippen molar-refractivity contribution in [2.75, 3.05) is 5.32 Å². The van der Waals surface area contributed by atoms with Gasteiger partial charge in [-0.3, -0.25) is 14.4 Å². The van der Waals surface area contributed by atoms with Crippen LogP contribution in [0.3, 0.4) is 0 Å². The fourth-order valence-electron chi connectivity index (χ4n) is 2.45. The average Bonchev–Trinajstić information content (AvgIpc) is 2.54. The molecule has 0 saturated heterocycles. The maximum atomic E-state index is 12.3. The fourth-order valence-corrected chi connectivity index (χ4v) is 2.45. The Morgan fingerprint density at radius 3 is 2.32 bits per heavy atom. The largest absolute Gasteiger partial charge is 0.368 e. The molecule has 130 valence electrons. The van der Waals surface area contributed by atoms with E-state index in [2.05, 4.69) is 10.6 Å². The topological polar surface area (TPSA) is 101 Å². The van der Waals surface area contributed by atoms with Crippen molar-refractivity contribution < 1.29 is 14.4 Å². The summed E-state index contributed by atoms with van der Waals surface area (Å²) < 4.78 is 0. The van der Waals surface area contributed by atoms with Crippen LogP contribution < -0.4 is 16.4 Å². The fraction of sp³-hybridized carbons (Fsp3) is 0.211. The minimum Gasteiger partial charge on any atom is -0.368 e. The summed E-state index contributed by atoms with van der Waals surface area (Å²) in [5.74, 6) is -1.18. The van der Waals surface area contributed by atoms with E-state index in [1.807, 2.05) is 31.2 Å². The molecule has 0 spiro atoms. The van der Waals surface area contributed by atoms with Gasteiger partial charge in [0.05, 0.1) is 0 Å². The molecular weight excluding hydrogens is 318 g/mol. The number of nitrogens with two attached hydrogens (primary N) is 1. The lowest BCUT2D eigenvalue weighted by molar-refractivity contribution is -0.119. The van der Waals surface area contributed by atoms with Crippen molar-refractivity contribution in [1.82, 2.24) is 5.32 Å². The number of hydrogen-bond donors (Lipinski definition) is 3. The molecule has 3 amide bonds. The van der Waals surface area contributed by atoms with E-state index in [1.54, 1.807) is 24.3 Å². The minimum absolute atomic E-state index is 0.191. The van der Waals surface area contributed by atoms with Crippen LogP contribution in [0.25, 0.3) is 0 Å². The van der Waals surface area contributed by atoms with Gasteiger partial charge in [-0.25, -0.2) is 0 Å². The summed E-state index contributed by atoms with van der Waals surface area (Å²) >= 11 is 0. The van der Waals surface area contributed by atoms with Gasteiger partial charge < -0.3 is 16.4 Å². The van der Waals surface area contributed by atoms with Gasteiger partial charge in [0.1, 0.15) is 6.04 Å². The number of carbonyl (C=O) groups excluding carboxylic acids is 3. The van der Waals surface area contributed by atoms with Crippen LogP contribution >= 0.6 is 0 Å². The second-order valence-corrected chi connectivity index (χ2v) is 5.88. The predicted molar refractivity (Wildman–Crippen MR) is 96.1 cm³/mol. The molecule has 0 bridgehead atoms. The molecule has 6 nitrogen and oxygen atoms in total. The molecule has 6 heteroatoms. The van der Waals surface area contributed by atoms with Crippen LogP contribution in [0.2, 0.25) is 0 Å². The van der Waals surface area contributed by atoms with Crippen molar-refractivity contribution in [3.8, 4) is 0 Å². The van der Waals surface area contributed by atoms with Gasteiger partial charge in [0, 0.05) is 24.6 Å². The number of hydrogen-bond acceptors (Lipinski definition) is 3. The first kappa shape index (κ1) is 18.2. The Balaban J connectivity index is 2.07. The summed E-state index contributed by atoms with van der Waals surface area (Å²) in [6.45, 7) is 3.36. The van der Waals surface area contributed by atoms with E-state index in [0.717, 1.165) is 11.1 Å². The first-order valence-corrected chi connectivity index (χ1v) is 7.88. The summed E-state index contributed by atoms with van der Waals surface area (Å²) in [6.07, 6.45) is 0.326. The molecule has 0 aliphatic carbocycles. The maximum absolute atomic E-state index is 12.3. The highest BCUT2D eigenvalue weighted by Crippen LogP contribution is 2.11. The number of carbonyl (C=O) groups is 3. The van der Waals surface area contributed by atoms with Crippen molar-refractivity contribution >= 4 is 23.4 Å². The Bertz CT molecular complexity index is 785. The first-order valence-electron chi connectivity index (χ1n) is 7.88. The monoisotopic (exact) mass is 339 g/mol. The summed E-state index contributed by atoms with van der Waals surface area (Å²) in [4.78, 5) is 35.0. The van der Waals surface area contributed by atoms with Gasteiger partial charge in [-0.15, -0.1) is 0 Å². The molecule has 0 saturated carbocycles. The molecule has 25 heavy (non-hydrogen) atoms. The Morgan fingerprint density at radius 2 is 1.76 bits per heavy atom. The highest BCUT2D eigenvalue weighted by molar-refractivity contribution is 5.98. The van der Waals surface area contributed by atoms with E-state index in [0.29, 0.717) is 17.7 Å². The van der Waals surface area contributed by atoms with E-state index in [-0.39, 0.29) is 5.91 Å². The Hall–Kier alpha value is -3.15. The second-order valence-electron chi connectivity index (χ2n) is 5.88. The van der Waals surface area contributed by atoms with Crippen molar-refractivity contribution in [3.05, 3.63) is 65.2 Å². The van der Waals surface area contributed by atoms with Gasteiger partial charge in [-0.1, -0.05) is 29.8 Å². The van der Waals surface area contributed by atoms with Crippen LogP contribution in [0.5, 0.6) is 0 Å². The van der Waals surface area contributed by atoms with Crippen LogP contribution in [0.4, 0.5) is 5.69 Å². The third-order valence-corrected chi connectivity index (χ3v) is 3.64. The molecule has 0 unspecified atom stereocenters. The van der Waals surface area contributed by atoms with Crippen molar-refractivity contribution in [2.45, 2.75) is 26.3 Å². The number of benzene rings is 2. The summed E-state index contributed by atoms with van der Waals surface area (Å²) in [5, 5.41) is 5.28. The zero-order valence-electron chi connectivity index (χ0n) is 14.2. The SMILES string of the molecule is CC(=O)Nc1ccc(C(=O)N[C@H](Cc2cccc(C)c2)C(N)=O)cc1. The van der Waals surface area contributed by atoms with Crippen LogP contribution in [0.1, 0.15) is 28.4 Å². The number of primary amides is 1. The minimum atomic E-state index is -0.802. The normalized spacial score (nSPS) is 11.4. The molecule has 2 rings (SSSR count). The van der Waals surface area contributed by atoms with Gasteiger partial charge in [0.25, 0.3) is 5.91 Å². The smallest absolute Gasteiger partial charge is 0.251 e. The van der Waals surface area contributed by atoms with Gasteiger partial charge in [0.15, 0.2) is 0 Å². The lowest BCUT2D eigenvalue weighted by Crippen LogP contribution is -2.45. The van der Waals surface area contributed by atoms with E-state index in [1.165, 1.54) is 6.92 Å². The van der Waals surface area contributed by atoms with Crippen LogP contribution in [-0.4, -0.2) is 23.8 Å². The molecule has 0 aliphatic heterocycles. The zero-order chi connectivity index (χ0) is 18.4. The molecule has 2 aromatic rings. The molecular formula is C19H21N3O3. The van der Waals surface area contributed by atoms with E-state index in [9.17, 15) is 14.4 Å². The third-order valence-electron chi connectivity index (χ3n) is 3.64. The van der Waals surface area contributed by atoms with Crippen molar-refractivity contribution in [3.63, 3.8) is 0 Å². The molecule has 2 aromatic carbocycles. The number of rotatable bonds is 6. The molecule has 1 atom stereocenters. The number of aryl methyl sites for hydroxylation is 1. The Morgan fingerprint density at radius 1 is 1.08 bits per heavy atom. The highest BCUT2D eigenvalue weighted by Gasteiger charge is 2.19. The summed E-state index contributed by atoms with van der Waals surface area (Å²) in [6, 6.07) is 13.3. The van der Waals surface area contributed by atoms with E-state index < -0.39 is 17.9 Å². The molecule has 4 N–H and O–H groups in total. The Kier molecular flexibility index (Phi) is 5.89. The van der Waals surface area contributed by atoms with Gasteiger partial charge >= 0.3 is 0 Å². The van der Waals surface area contributed by atoms with E-state index >= 15 is 0 Å². The van der Waals surface area contributed by atoms with Crippen LogP contribution in [-0.2, 0) is 16.0 Å². The third kappa shape index (κ3) is 5.46.